The predicted octanol–water partition coefficient (Wildman–Crippen LogP) is 2.59. The van der Waals surface area contributed by atoms with Crippen molar-refractivity contribution in [1.82, 2.24) is 4.31 Å². The van der Waals surface area contributed by atoms with Gasteiger partial charge >= 0.3 is 0 Å². The molecule has 0 radical (unpaired) electrons. The number of rotatable bonds is 2. The van der Waals surface area contributed by atoms with E-state index in [-0.39, 0.29) is 0 Å². The number of thiocarbonyl (C=S) groups is 1. The highest BCUT2D eigenvalue weighted by Crippen LogP contribution is 2.12. The number of benzene rings is 1. The molecule has 1 aromatic rings. The molecule has 0 atom stereocenters. The zero-order valence-corrected chi connectivity index (χ0v) is 9.28. The van der Waals surface area contributed by atoms with Crippen molar-refractivity contribution in [3.63, 3.8) is 0 Å². The van der Waals surface area contributed by atoms with E-state index in [0.717, 1.165) is 10.0 Å². The Morgan fingerprint density at radius 2 is 1.92 bits per heavy atom. The van der Waals surface area contributed by atoms with Gasteiger partial charge in [-0.3, -0.25) is 4.31 Å². The molecule has 13 heavy (non-hydrogen) atoms. The second-order valence-corrected chi connectivity index (χ2v) is 4.67. The molecule has 0 bridgehead atoms. The van der Waals surface area contributed by atoms with Gasteiger partial charge in [-0.2, -0.15) is 0 Å². The minimum Gasteiger partial charge on any atom is -0.340 e. The fourth-order valence-electron chi connectivity index (χ4n) is 0.828. The fourth-order valence-corrected chi connectivity index (χ4v) is 1.89. The maximum Gasteiger partial charge on any atom is 0.153 e. The van der Waals surface area contributed by atoms with Crippen LogP contribution in [0.5, 0.6) is 0 Å². The highest BCUT2D eigenvalue weighted by Gasteiger charge is 1.98. The van der Waals surface area contributed by atoms with Gasteiger partial charge in [0, 0.05) is 5.69 Å². The first-order chi connectivity index (χ1) is 6.18. The Morgan fingerprint density at radius 3 is 2.46 bits per heavy atom. The first-order valence-electron chi connectivity index (χ1n) is 3.90. The monoisotopic (exact) mass is 212 g/mol. The summed E-state index contributed by atoms with van der Waals surface area (Å²) < 4.78 is 2.72. The summed E-state index contributed by atoms with van der Waals surface area (Å²) >= 11 is 6.63. The predicted molar refractivity (Wildman–Crippen MR) is 63.9 cm³/mol. The second-order valence-electron chi connectivity index (χ2n) is 2.68. The van der Waals surface area contributed by atoms with Gasteiger partial charge in [-0.05, 0) is 38.2 Å². The Bertz CT molecular complexity index is 272. The molecule has 70 valence electrons. The van der Waals surface area contributed by atoms with Crippen LogP contribution in [0.1, 0.15) is 0 Å². The smallest absolute Gasteiger partial charge is 0.153 e. The molecule has 1 aromatic carbocycles. The molecule has 0 amide bonds. The molecule has 1 rings (SSSR count). The normalized spacial score (nSPS) is 10.1. The Hall–Kier alpha value is -0.580. The molecule has 2 nitrogen and oxygen atoms in total. The van der Waals surface area contributed by atoms with Gasteiger partial charge in [0.05, 0.1) is 0 Å². The molecule has 0 saturated heterocycles. The van der Waals surface area contributed by atoms with Crippen molar-refractivity contribution in [2.45, 2.75) is 0 Å². The molecule has 0 aliphatic heterocycles. The van der Waals surface area contributed by atoms with E-state index < -0.39 is 0 Å². The van der Waals surface area contributed by atoms with E-state index in [1.807, 2.05) is 48.7 Å². The summed E-state index contributed by atoms with van der Waals surface area (Å²) in [5, 5.41) is 3.13. The molecular weight excluding hydrogens is 200 g/mol. The van der Waals surface area contributed by atoms with Crippen LogP contribution in [0.3, 0.4) is 0 Å². The lowest BCUT2D eigenvalue weighted by Crippen LogP contribution is -2.11. The van der Waals surface area contributed by atoms with Gasteiger partial charge in [-0.1, -0.05) is 30.4 Å². The molecule has 1 N–H and O–H groups in total. The van der Waals surface area contributed by atoms with Crippen LogP contribution in [0.2, 0.25) is 0 Å². The van der Waals surface area contributed by atoms with Gasteiger partial charge in [0.15, 0.2) is 4.32 Å². The summed E-state index contributed by atoms with van der Waals surface area (Å²) in [5.74, 6) is 0. The van der Waals surface area contributed by atoms with Gasteiger partial charge in [0.25, 0.3) is 0 Å². The molecule has 0 fully saturated rings. The fraction of sp³-hybridized carbons (Fsp3) is 0.222. The average molecular weight is 212 g/mol. The van der Waals surface area contributed by atoms with Crippen LogP contribution in [0.15, 0.2) is 30.3 Å². The third-order valence-electron chi connectivity index (χ3n) is 1.29. The number of nitrogens with one attached hydrogen (secondary N) is 1. The summed E-state index contributed by atoms with van der Waals surface area (Å²) in [6.45, 7) is 0. The SMILES string of the molecule is CN(C)SC(=S)Nc1ccccc1. The largest absolute Gasteiger partial charge is 0.340 e. The first-order valence-corrected chi connectivity index (χ1v) is 5.08. The van der Waals surface area contributed by atoms with Crippen molar-refractivity contribution in [3.05, 3.63) is 30.3 Å². The van der Waals surface area contributed by atoms with Crippen molar-refractivity contribution < 1.29 is 0 Å². The van der Waals surface area contributed by atoms with Crippen molar-refractivity contribution in [2.24, 2.45) is 0 Å². The van der Waals surface area contributed by atoms with E-state index >= 15 is 0 Å². The summed E-state index contributed by atoms with van der Waals surface area (Å²) in [6, 6.07) is 9.91. The molecule has 0 aliphatic rings. The van der Waals surface area contributed by atoms with E-state index in [9.17, 15) is 0 Å². The number of hydrogen-bond acceptors (Lipinski definition) is 3. The standard InChI is InChI=1S/C9H12N2S2/c1-11(2)13-9(12)10-8-6-4-3-5-7-8/h3-7H,1-2H3,(H,10,12). The van der Waals surface area contributed by atoms with Crippen molar-refractivity contribution in [1.29, 1.82) is 0 Å². The van der Waals surface area contributed by atoms with Crippen LogP contribution >= 0.6 is 24.2 Å². The van der Waals surface area contributed by atoms with Crippen molar-refractivity contribution in [3.8, 4) is 0 Å². The van der Waals surface area contributed by atoms with E-state index in [4.69, 9.17) is 12.2 Å². The van der Waals surface area contributed by atoms with Gasteiger partial charge in [-0.15, -0.1) is 0 Å². The van der Waals surface area contributed by atoms with Gasteiger partial charge < -0.3 is 5.32 Å². The van der Waals surface area contributed by atoms with E-state index in [2.05, 4.69) is 5.32 Å². The van der Waals surface area contributed by atoms with Gasteiger partial charge in [0.1, 0.15) is 0 Å². The lowest BCUT2D eigenvalue weighted by atomic mass is 10.3. The molecule has 0 aliphatic carbocycles. The number of para-hydroxylation sites is 1. The highest BCUT2D eigenvalue weighted by molar-refractivity contribution is 8.21. The molecule has 0 unspecified atom stereocenters. The summed E-state index contributed by atoms with van der Waals surface area (Å²) in [6.07, 6.45) is 0. The first kappa shape index (κ1) is 10.5. The Balaban J connectivity index is 2.46. The third-order valence-corrected chi connectivity index (χ3v) is 2.24. The minimum atomic E-state index is 0.760. The summed E-state index contributed by atoms with van der Waals surface area (Å²) in [5.41, 5.74) is 1.03. The quantitative estimate of drug-likeness (QED) is 0.598. The number of hydrogen-bond donors (Lipinski definition) is 1. The summed E-state index contributed by atoms with van der Waals surface area (Å²) in [7, 11) is 3.92. The minimum absolute atomic E-state index is 0.760. The van der Waals surface area contributed by atoms with Crippen LogP contribution in [-0.4, -0.2) is 22.7 Å². The van der Waals surface area contributed by atoms with Crippen molar-refractivity contribution in [2.75, 3.05) is 19.4 Å². The molecule has 4 heteroatoms. The Labute approximate surface area is 88.5 Å². The van der Waals surface area contributed by atoms with Gasteiger partial charge in [0.2, 0.25) is 0 Å². The van der Waals surface area contributed by atoms with E-state index in [1.54, 1.807) is 0 Å². The van der Waals surface area contributed by atoms with Crippen molar-refractivity contribution >= 4 is 34.2 Å². The number of nitrogens with zero attached hydrogens (tertiary/aromatic N) is 1. The van der Waals surface area contributed by atoms with Crippen LogP contribution < -0.4 is 5.32 Å². The van der Waals surface area contributed by atoms with E-state index in [0.29, 0.717) is 0 Å². The lowest BCUT2D eigenvalue weighted by molar-refractivity contribution is 0.710. The average Bonchev–Trinajstić information content (AvgIpc) is 2.04. The molecule has 0 heterocycles. The highest BCUT2D eigenvalue weighted by atomic mass is 32.2. The number of anilines is 1. The topological polar surface area (TPSA) is 15.3 Å². The summed E-state index contributed by atoms with van der Waals surface area (Å²) in [4.78, 5) is 0. The van der Waals surface area contributed by atoms with Crippen LogP contribution in [0.25, 0.3) is 0 Å². The van der Waals surface area contributed by atoms with Gasteiger partial charge in [-0.25, -0.2) is 0 Å². The second kappa shape index (κ2) is 5.21. The lowest BCUT2D eigenvalue weighted by Gasteiger charge is -2.10. The zero-order chi connectivity index (χ0) is 9.68. The molecule has 0 aromatic heterocycles. The maximum atomic E-state index is 5.12. The molecule has 0 saturated carbocycles. The maximum absolute atomic E-state index is 5.12. The Morgan fingerprint density at radius 1 is 1.31 bits per heavy atom. The van der Waals surface area contributed by atoms with Crippen LogP contribution in [0.4, 0.5) is 5.69 Å². The van der Waals surface area contributed by atoms with Crippen LogP contribution in [-0.2, 0) is 0 Å². The molecular formula is C9H12N2S2. The van der Waals surface area contributed by atoms with E-state index in [1.165, 1.54) is 11.9 Å². The third kappa shape index (κ3) is 4.26. The Kier molecular flexibility index (Phi) is 4.21. The molecule has 0 spiro atoms. The van der Waals surface area contributed by atoms with Crippen LogP contribution in [0, 0.1) is 0 Å². The zero-order valence-electron chi connectivity index (χ0n) is 7.65.